The number of hydrogen-bond donors (Lipinski definition) is 0. The second kappa shape index (κ2) is 4.74. The Kier molecular flexibility index (Phi) is 2.86. The van der Waals surface area contributed by atoms with Crippen molar-refractivity contribution in [2.75, 3.05) is 0 Å². The summed E-state index contributed by atoms with van der Waals surface area (Å²) in [6, 6.07) is 7.87. The SMILES string of the molecule is Cc1c(Cl)nc(C2CC2)nc1-c1ccc2cccnc2n1. The Morgan fingerprint density at radius 3 is 2.76 bits per heavy atom. The standard InChI is InChI=1S/C16H13ClN4/c1-9-13(20-16(11-4-5-11)21-14(9)17)12-7-6-10-3-2-8-18-15(10)19-12/h2-3,6-8,11H,4-5H2,1H3. The molecule has 3 aromatic rings. The first-order valence-corrected chi connectivity index (χ1v) is 7.36. The quantitative estimate of drug-likeness (QED) is 0.672. The summed E-state index contributed by atoms with van der Waals surface area (Å²) in [5, 5.41) is 1.53. The lowest BCUT2D eigenvalue weighted by molar-refractivity contribution is 0.919. The first-order valence-electron chi connectivity index (χ1n) is 6.98. The smallest absolute Gasteiger partial charge is 0.159 e. The molecule has 0 atom stereocenters. The molecule has 5 heteroatoms. The Morgan fingerprint density at radius 1 is 1.10 bits per heavy atom. The van der Waals surface area contributed by atoms with Crippen molar-refractivity contribution < 1.29 is 0 Å². The molecule has 3 heterocycles. The maximum atomic E-state index is 6.26. The maximum absolute atomic E-state index is 6.26. The van der Waals surface area contributed by atoms with E-state index in [2.05, 4.69) is 19.9 Å². The van der Waals surface area contributed by atoms with E-state index in [4.69, 9.17) is 11.6 Å². The zero-order chi connectivity index (χ0) is 14.4. The van der Waals surface area contributed by atoms with Crippen LogP contribution in [0.15, 0.2) is 30.5 Å². The molecule has 0 aliphatic heterocycles. The van der Waals surface area contributed by atoms with E-state index in [9.17, 15) is 0 Å². The predicted molar refractivity (Wildman–Crippen MR) is 82.3 cm³/mol. The summed E-state index contributed by atoms with van der Waals surface area (Å²) in [5.74, 6) is 1.30. The molecule has 4 nitrogen and oxygen atoms in total. The minimum atomic E-state index is 0.459. The molecule has 0 aromatic carbocycles. The highest BCUT2D eigenvalue weighted by Crippen LogP contribution is 2.39. The molecule has 0 amide bonds. The molecular formula is C16H13ClN4. The van der Waals surface area contributed by atoms with Gasteiger partial charge in [-0.15, -0.1) is 0 Å². The van der Waals surface area contributed by atoms with Crippen molar-refractivity contribution in [1.29, 1.82) is 0 Å². The topological polar surface area (TPSA) is 51.6 Å². The maximum Gasteiger partial charge on any atom is 0.159 e. The van der Waals surface area contributed by atoms with E-state index in [-0.39, 0.29) is 0 Å². The van der Waals surface area contributed by atoms with Gasteiger partial charge in [-0.3, -0.25) is 0 Å². The Morgan fingerprint density at radius 2 is 1.95 bits per heavy atom. The van der Waals surface area contributed by atoms with Gasteiger partial charge in [-0.05, 0) is 44.0 Å². The first-order chi connectivity index (χ1) is 10.2. The largest absolute Gasteiger partial charge is 0.237 e. The lowest BCUT2D eigenvalue weighted by Crippen LogP contribution is -2.01. The third-order valence-electron chi connectivity index (χ3n) is 3.75. The molecular weight excluding hydrogens is 284 g/mol. The van der Waals surface area contributed by atoms with Gasteiger partial charge in [0.15, 0.2) is 5.65 Å². The summed E-state index contributed by atoms with van der Waals surface area (Å²) in [4.78, 5) is 18.0. The number of aromatic nitrogens is 4. The third-order valence-corrected chi connectivity index (χ3v) is 4.12. The molecule has 1 fully saturated rings. The van der Waals surface area contributed by atoms with Crippen molar-refractivity contribution in [3.05, 3.63) is 47.0 Å². The molecule has 0 spiro atoms. The minimum absolute atomic E-state index is 0.459. The molecule has 1 aliphatic rings. The van der Waals surface area contributed by atoms with Gasteiger partial charge in [0.05, 0.1) is 11.4 Å². The highest BCUT2D eigenvalue weighted by molar-refractivity contribution is 6.30. The van der Waals surface area contributed by atoms with Gasteiger partial charge in [0.25, 0.3) is 0 Å². The molecule has 0 unspecified atom stereocenters. The predicted octanol–water partition coefficient (Wildman–Crippen LogP) is 3.93. The van der Waals surface area contributed by atoms with E-state index in [1.807, 2.05) is 31.2 Å². The van der Waals surface area contributed by atoms with Crippen LogP contribution in [0.5, 0.6) is 0 Å². The summed E-state index contributed by atoms with van der Waals surface area (Å²) < 4.78 is 0. The Bertz CT molecular complexity index is 843. The second-order valence-electron chi connectivity index (χ2n) is 5.37. The van der Waals surface area contributed by atoms with Gasteiger partial charge in [0.2, 0.25) is 0 Å². The monoisotopic (exact) mass is 296 g/mol. The number of rotatable bonds is 2. The van der Waals surface area contributed by atoms with Gasteiger partial charge in [-0.2, -0.15) is 0 Å². The van der Waals surface area contributed by atoms with Crippen LogP contribution in [0.25, 0.3) is 22.4 Å². The van der Waals surface area contributed by atoms with Gasteiger partial charge < -0.3 is 0 Å². The van der Waals surface area contributed by atoms with Crippen LogP contribution in [-0.4, -0.2) is 19.9 Å². The van der Waals surface area contributed by atoms with Gasteiger partial charge in [0.1, 0.15) is 11.0 Å². The van der Waals surface area contributed by atoms with Crippen molar-refractivity contribution >= 4 is 22.6 Å². The fourth-order valence-electron chi connectivity index (χ4n) is 2.36. The minimum Gasteiger partial charge on any atom is -0.237 e. The van der Waals surface area contributed by atoms with Crippen LogP contribution in [0, 0.1) is 6.92 Å². The average molecular weight is 297 g/mol. The van der Waals surface area contributed by atoms with Crippen LogP contribution in [0.4, 0.5) is 0 Å². The third kappa shape index (κ3) is 2.25. The molecule has 3 aromatic heterocycles. The molecule has 0 radical (unpaired) electrons. The Hall–Kier alpha value is -2.07. The van der Waals surface area contributed by atoms with Crippen LogP contribution >= 0.6 is 11.6 Å². The van der Waals surface area contributed by atoms with E-state index in [0.717, 1.165) is 46.7 Å². The molecule has 0 N–H and O–H groups in total. The van der Waals surface area contributed by atoms with Crippen molar-refractivity contribution in [3.63, 3.8) is 0 Å². The van der Waals surface area contributed by atoms with E-state index in [0.29, 0.717) is 11.1 Å². The van der Waals surface area contributed by atoms with Gasteiger partial charge in [-0.25, -0.2) is 19.9 Å². The van der Waals surface area contributed by atoms with Crippen molar-refractivity contribution in [2.24, 2.45) is 0 Å². The van der Waals surface area contributed by atoms with Crippen molar-refractivity contribution in [1.82, 2.24) is 19.9 Å². The first kappa shape index (κ1) is 12.7. The van der Waals surface area contributed by atoms with Crippen molar-refractivity contribution in [2.45, 2.75) is 25.7 Å². The Labute approximate surface area is 127 Å². The number of pyridine rings is 2. The summed E-state index contributed by atoms with van der Waals surface area (Å²) in [5.41, 5.74) is 3.19. The normalized spacial score (nSPS) is 14.6. The van der Waals surface area contributed by atoms with Crippen LogP contribution in [0.1, 0.15) is 30.1 Å². The highest BCUT2D eigenvalue weighted by Gasteiger charge is 2.28. The summed E-state index contributed by atoms with van der Waals surface area (Å²) in [6.45, 7) is 1.93. The van der Waals surface area contributed by atoms with Crippen LogP contribution in [0.2, 0.25) is 5.15 Å². The van der Waals surface area contributed by atoms with Crippen LogP contribution in [0.3, 0.4) is 0 Å². The van der Waals surface area contributed by atoms with Gasteiger partial charge >= 0.3 is 0 Å². The van der Waals surface area contributed by atoms with E-state index < -0.39 is 0 Å². The second-order valence-corrected chi connectivity index (χ2v) is 5.73. The highest BCUT2D eigenvalue weighted by atomic mass is 35.5. The van der Waals surface area contributed by atoms with Gasteiger partial charge in [-0.1, -0.05) is 11.6 Å². The molecule has 104 valence electrons. The zero-order valence-corrected chi connectivity index (χ0v) is 12.3. The number of nitrogens with zero attached hydrogens (tertiary/aromatic N) is 4. The van der Waals surface area contributed by atoms with Crippen LogP contribution in [-0.2, 0) is 0 Å². The number of hydrogen-bond acceptors (Lipinski definition) is 4. The molecule has 21 heavy (non-hydrogen) atoms. The lowest BCUT2D eigenvalue weighted by Gasteiger charge is -2.09. The number of halogens is 1. The van der Waals surface area contributed by atoms with E-state index in [1.54, 1.807) is 6.20 Å². The molecule has 1 saturated carbocycles. The fourth-order valence-corrected chi connectivity index (χ4v) is 2.54. The molecule has 1 aliphatic carbocycles. The summed E-state index contributed by atoms with van der Waals surface area (Å²) in [7, 11) is 0. The zero-order valence-electron chi connectivity index (χ0n) is 11.5. The van der Waals surface area contributed by atoms with Gasteiger partial charge in [0, 0.05) is 23.1 Å². The Balaban J connectivity index is 1.90. The van der Waals surface area contributed by atoms with E-state index in [1.165, 1.54) is 0 Å². The fraction of sp³-hybridized carbons (Fsp3) is 0.250. The lowest BCUT2D eigenvalue weighted by atomic mass is 10.1. The van der Waals surface area contributed by atoms with Crippen molar-refractivity contribution in [3.8, 4) is 11.4 Å². The molecule has 0 bridgehead atoms. The summed E-state index contributed by atoms with van der Waals surface area (Å²) in [6.07, 6.45) is 4.03. The molecule has 0 saturated heterocycles. The molecule has 4 rings (SSSR count). The van der Waals surface area contributed by atoms with Crippen LogP contribution < -0.4 is 0 Å². The number of fused-ring (bicyclic) bond motifs is 1. The average Bonchev–Trinajstić information content (AvgIpc) is 3.34. The summed E-state index contributed by atoms with van der Waals surface area (Å²) >= 11 is 6.26. The van der Waals surface area contributed by atoms with E-state index >= 15 is 0 Å².